The number of imide groups is 1. The second kappa shape index (κ2) is 7.85. The molecule has 4 aromatic rings. The molecule has 5 nitrogen and oxygen atoms in total. The van der Waals surface area contributed by atoms with Crippen LogP contribution in [0.3, 0.4) is 0 Å². The predicted octanol–water partition coefficient (Wildman–Crippen LogP) is 5.26. The molecule has 0 fully saturated rings. The number of aromatic nitrogens is 1. The lowest BCUT2D eigenvalue weighted by Gasteiger charge is -2.19. The van der Waals surface area contributed by atoms with Crippen molar-refractivity contribution in [1.29, 1.82) is 0 Å². The average Bonchev–Trinajstić information content (AvgIpc) is 3.05. The van der Waals surface area contributed by atoms with Crippen molar-refractivity contribution in [2.75, 3.05) is 0 Å². The van der Waals surface area contributed by atoms with Gasteiger partial charge in [-0.3, -0.25) is 19.5 Å². The highest BCUT2D eigenvalue weighted by Crippen LogP contribution is 2.36. The summed E-state index contributed by atoms with van der Waals surface area (Å²) in [4.78, 5) is 31.4. The fourth-order valence-corrected chi connectivity index (χ4v) is 4.07. The maximum atomic E-state index is 12.9. The van der Waals surface area contributed by atoms with Crippen molar-refractivity contribution in [2.24, 2.45) is 0 Å². The lowest BCUT2D eigenvalue weighted by molar-refractivity contribution is 0.0641. The SMILES string of the molecule is O=C1c2ccccc2C(=O)N1Cc1cc(Cl)c2cccnc2c1OCc1ccccc1. The molecule has 0 atom stereocenters. The molecule has 0 bridgehead atoms. The van der Waals surface area contributed by atoms with Gasteiger partial charge in [0.25, 0.3) is 11.8 Å². The summed E-state index contributed by atoms with van der Waals surface area (Å²) in [7, 11) is 0. The highest BCUT2D eigenvalue weighted by molar-refractivity contribution is 6.35. The maximum Gasteiger partial charge on any atom is 0.261 e. The quantitative estimate of drug-likeness (QED) is 0.407. The maximum absolute atomic E-state index is 12.9. The van der Waals surface area contributed by atoms with Crippen molar-refractivity contribution in [3.63, 3.8) is 0 Å². The van der Waals surface area contributed by atoms with Gasteiger partial charge in [-0.25, -0.2) is 0 Å². The van der Waals surface area contributed by atoms with Crippen LogP contribution in [0.1, 0.15) is 31.8 Å². The van der Waals surface area contributed by atoms with Crippen LogP contribution in [0.15, 0.2) is 79.0 Å². The zero-order chi connectivity index (χ0) is 21.4. The lowest BCUT2D eigenvalue weighted by atomic mass is 10.1. The molecule has 152 valence electrons. The summed E-state index contributed by atoms with van der Waals surface area (Å²) < 4.78 is 6.18. The molecule has 5 rings (SSSR count). The van der Waals surface area contributed by atoms with Gasteiger partial charge >= 0.3 is 0 Å². The van der Waals surface area contributed by atoms with Crippen LogP contribution in [-0.4, -0.2) is 21.7 Å². The molecular weight excluding hydrogens is 412 g/mol. The first-order valence-electron chi connectivity index (χ1n) is 9.81. The molecule has 1 aliphatic heterocycles. The Balaban J connectivity index is 1.55. The van der Waals surface area contributed by atoms with Crippen molar-refractivity contribution in [3.8, 4) is 5.75 Å². The van der Waals surface area contributed by atoms with Gasteiger partial charge in [-0.15, -0.1) is 0 Å². The molecule has 0 saturated heterocycles. The van der Waals surface area contributed by atoms with E-state index in [1.807, 2.05) is 36.4 Å². The van der Waals surface area contributed by atoms with E-state index >= 15 is 0 Å². The number of halogens is 1. The number of amides is 2. The molecule has 0 radical (unpaired) electrons. The number of rotatable bonds is 5. The first-order chi connectivity index (χ1) is 15.1. The van der Waals surface area contributed by atoms with Gasteiger partial charge in [0.2, 0.25) is 0 Å². The fourth-order valence-electron chi connectivity index (χ4n) is 3.79. The number of carbonyl (C=O) groups excluding carboxylic acids is 2. The first-order valence-corrected chi connectivity index (χ1v) is 10.2. The normalized spacial score (nSPS) is 13.0. The van der Waals surface area contributed by atoms with Gasteiger partial charge in [0.15, 0.2) is 5.75 Å². The molecule has 31 heavy (non-hydrogen) atoms. The van der Waals surface area contributed by atoms with Crippen LogP contribution in [0, 0.1) is 0 Å². The van der Waals surface area contributed by atoms with E-state index in [0.29, 0.717) is 39.6 Å². The molecule has 0 aliphatic carbocycles. The number of fused-ring (bicyclic) bond motifs is 2. The van der Waals surface area contributed by atoms with Gasteiger partial charge in [0.05, 0.1) is 22.7 Å². The molecule has 2 heterocycles. The van der Waals surface area contributed by atoms with Crippen LogP contribution in [-0.2, 0) is 13.2 Å². The molecule has 2 amide bonds. The van der Waals surface area contributed by atoms with E-state index in [1.165, 1.54) is 4.90 Å². The van der Waals surface area contributed by atoms with Crippen LogP contribution in [0.5, 0.6) is 5.75 Å². The van der Waals surface area contributed by atoms with E-state index < -0.39 is 0 Å². The van der Waals surface area contributed by atoms with Crippen molar-refractivity contribution in [1.82, 2.24) is 9.88 Å². The zero-order valence-electron chi connectivity index (χ0n) is 16.4. The van der Waals surface area contributed by atoms with Crippen LogP contribution in [0.4, 0.5) is 0 Å². The first kappa shape index (κ1) is 19.3. The Bertz CT molecular complexity index is 1290. The number of pyridine rings is 1. The zero-order valence-corrected chi connectivity index (χ0v) is 17.2. The van der Waals surface area contributed by atoms with Crippen LogP contribution in [0.2, 0.25) is 5.02 Å². The van der Waals surface area contributed by atoms with Gasteiger partial charge in [-0.1, -0.05) is 54.1 Å². The number of ether oxygens (including phenoxy) is 1. The van der Waals surface area contributed by atoms with E-state index in [0.717, 1.165) is 10.9 Å². The second-order valence-corrected chi connectivity index (χ2v) is 7.67. The van der Waals surface area contributed by atoms with Gasteiger partial charge < -0.3 is 4.74 Å². The third-order valence-corrected chi connectivity index (χ3v) is 5.62. The van der Waals surface area contributed by atoms with Gasteiger partial charge in [-0.2, -0.15) is 0 Å². The number of nitrogens with zero attached hydrogens (tertiary/aromatic N) is 2. The minimum Gasteiger partial charge on any atom is -0.486 e. The van der Waals surface area contributed by atoms with E-state index in [1.54, 1.807) is 42.6 Å². The van der Waals surface area contributed by atoms with Crippen LogP contribution < -0.4 is 4.74 Å². The number of hydrogen-bond donors (Lipinski definition) is 0. The molecular formula is C25H17ClN2O3. The largest absolute Gasteiger partial charge is 0.486 e. The Morgan fingerprint density at radius 3 is 2.26 bits per heavy atom. The summed E-state index contributed by atoms with van der Waals surface area (Å²) in [5, 5.41) is 1.24. The van der Waals surface area contributed by atoms with Crippen molar-refractivity contribution < 1.29 is 14.3 Å². The summed E-state index contributed by atoms with van der Waals surface area (Å²) >= 11 is 6.51. The van der Waals surface area contributed by atoms with E-state index in [4.69, 9.17) is 16.3 Å². The molecule has 3 aromatic carbocycles. The van der Waals surface area contributed by atoms with E-state index in [-0.39, 0.29) is 18.4 Å². The standard InChI is InChI=1S/C25H17ClN2O3/c26-21-13-17(14-28-24(29)18-9-4-5-10-19(18)25(28)30)23(22-20(21)11-6-12-27-22)31-15-16-7-2-1-3-8-16/h1-13H,14-15H2. The van der Waals surface area contributed by atoms with E-state index in [2.05, 4.69) is 4.98 Å². The molecule has 0 saturated carbocycles. The topological polar surface area (TPSA) is 59.5 Å². The third kappa shape index (κ3) is 3.43. The predicted molar refractivity (Wildman–Crippen MR) is 118 cm³/mol. The van der Waals surface area contributed by atoms with Gasteiger partial charge in [0.1, 0.15) is 12.1 Å². The molecule has 6 heteroatoms. The summed E-state index contributed by atoms with van der Waals surface area (Å²) in [5.41, 5.74) is 3.03. The Labute approximate surface area is 183 Å². The summed E-state index contributed by atoms with van der Waals surface area (Å²) in [5.74, 6) is -0.140. The minimum atomic E-state index is -0.327. The molecule has 0 unspecified atom stereocenters. The molecule has 0 N–H and O–H groups in total. The van der Waals surface area contributed by atoms with Crippen molar-refractivity contribution in [2.45, 2.75) is 13.2 Å². The molecule has 1 aliphatic rings. The second-order valence-electron chi connectivity index (χ2n) is 7.26. The minimum absolute atomic E-state index is 0.0443. The Hall–Kier alpha value is -3.70. The van der Waals surface area contributed by atoms with Gasteiger partial charge in [0, 0.05) is 17.1 Å². The van der Waals surface area contributed by atoms with Crippen LogP contribution >= 0.6 is 11.6 Å². The lowest BCUT2D eigenvalue weighted by Crippen LogP contribution is -2.29. The summed E-state index contributed by atoms with van der Waals surface area (Å²) in [6.07, 6.45) is 1.67. The van der Waals surface area contributed by atoms with Crippen LogP contribution in [0.25, 0.3) is 10.9 Å². The fraction of sp³-hybridized carbons (Fsp3) is 0.0800. The van der Waals surface area contributed by atoms with Crippen molar-refractivity contribution >= 4 is 34.3 Å². The summed E-state index contributed by atoms with van der Waals surface area (Å²) in [6, 6.07) is 22.0. The Morgan fingerprint density at radius 1 is 0.871 bits per heavy atom. The Morgan fingerprint density at radius 2 is 1.55 bits per heavy atom. The number of carbonyl (C=O) groups is 2. The van der Waals surface area contributed by atoms with E-state index in [9.17, 15) is 9.59 Å². The smallest absolute Gasteiger partial charge is 0.261 e. The average molecular weight is 429 g/mol. The highest BCUT2D eigenvalue weighted by Gasteiger charge is 2.35. The Kier molecular flexibility index (Phi) is 4.88. The summed E-state index contributed by atoms with van der Waals surface area (Å²) in [6.45, 7) is 0.367. The molecule has 0 spiro atoms. The number of benzene rings is 3. The highest BCUT2D eigenvalue weighted by atomic mass is 35.5. The van der Waals surface area contributed by atoms with Crippen molar-refractivity contribution in [3.05, 3.63) is 106 Å². The van der Waals surface area contributed by atoms with Gasteiger partial charge in [-0.05, 0) is 35.9 Å². The monoisotopic (exact) mass is 428 g/mol. The number of hydrogen-bond acceptors (Lipinski definition) is 4. The third-order valence-electron chi connectivity index (χ3n) is 5.31. The molecule has 1 aromatic heterocycles.